The molecule has 0 radical (unpaired) electrons. The Labute approximate surface area is 178 Å². The standard InChI is InChI=1S/C26H28N2O2/c1-3-18-28(20(2)21-12-6-4-7-13-21)19-25(29)27-24-17-11-10-16-23(24)26(30)22-14-8-5-9-15-22/h4-17,20H,3,18-19H2,1-2H3,(H,27,29)/t20-/m0/s1. The minimum absolute atomic E-state index is 0.102. The number of carbonyl (C=O) groups excluding carboxylic acids is 2. The summed E-state index contributed by atoms with van der Waals surface area (Å²) in [6.45, 7) is 5.30. The van der Waals surface area contributed by atoms with Gasteiger partial charge in [-0.2, -0.15) is 0 Å². The van der Waals surface area contributed by atoms with E-state index in [0.717, 1.165) is 13.0 Å². The third kappa shape index (κ3) is 5.43. The van der Waals surface area contributed by atoms with E-state index in [4.69, 9.17) is 0 Å². The average Bonchev–Trinajstić information content (AvgIpc) is 2.79. The minimum Gasteiger partial charge on any atom is -0.324 e. The summed E-state index contributed by atoms with van der Waals surface area (Å²) in [6.07, 6.45) is 0.952. The topological polar surface area (TPSA) is 49.4 Å². The lowest BCUT2D eigenvalue weighted by Gasteiger charge is -2.28. The van der Waals surface area contributed by atoms with Gasteiger partial charge in [-0.15, -0.1) is 0 Å². The van der Waals surface area contributed by atoms with Crippen LogP contribution in [0.4, 0.5) is 5.69 Å². The van der Waals surface area contributed by atoms with Crippen LogP contribution in [0.15, 0.2) is 84.9 Å². The molecule has 0 unspecified atom stereocenters. The van der Waals surface area contributed by atoms with Gasteiger partial charge in [0.2, 0.25) is 5.91 Å². The highest BCUT2D eigenvalue weighted by Crippen LogP contribution is 2.22. The zero-order valence-corrected chi connectivity index (χ0v) is 17.5. The van der Waals surface area contributed by atoms with Crippen LogP contribution in [0.25, 0.3) is 0 Å². The normalized spacial score (nSPS) is 11.8. The van der Waals surface area contributed by atoms with Gasteiger partial charge in [-0.25, -0.2) is 0 Å². The van der Waals surface area contributed by atoms with E-state index in [1.54, 1.807) is 24.3 Å². The van der Waals surface area contributed by atoms with Crippen molar-refractivity contribution in [3.63, 3.8) is 0 Å². The number of nitrogens with one attached hydrogen (secondary N) is 1. The van der Waals surface area contributed by atoms with Gasteiger partial charge in [0.1, 0.15) is 0 Å². The smallest absolute Gasteiger partial charge is 0.238 e. The molecule has 0 aliphatic rings. The molecular weight excluding hydrogens is 372 g/mol. The molecule has 0 aliphatic heterocycles. The number of hydrogen-bond donors (Lipinski definition) is 1. The van der Waals surface area contributed by atoms with E-state index in [1.807, 2.05) is 48.5 Å². The number of carbonyl (C=O) groups is 2. The summed E-state index contributed by atoms with van der Waals surface area (Å²) < 4.78 is 0. The highest BCUT2D eigenvalue weighted by atomic mass is 16.2. The lowest BCUT2D eigenvalue weighted by atomic mass is 10.0. The van der Waals surface area contributed by atoms with Crippen LogP contribution in [0, 0.1) is 0 Å². The Morgan fingerprint density at radius 2 is 1.47 bits per heavy atom. The number of hydrogen-bond acceptors (Lipinski definition) is 3. The van der Waals surface area contributed by atoms with E-state index < -0.39 is 0 Å². The SMILES string of the molecule is CCCN(CC(=O)Nc1ccccc1C(=O)c1ccccc1)[C@@H](C)c1ccccc1. The summed E-state index contributed by atoms with van der Waals surface area (Å²) in [5.41, 5.74) is 2.82. The van der Waals surface area contributed by atoms with Gasteiger partial charge in [-0.3, -0.25) is 14.5 Å². The van der Waals surface area contributed by atoms with Gasteiger partial charge in [-0.1, -0.05) is 79.7 Å². The Hall–Kier alpha value is -3.24. The molecule has 0 saturated carbocycles. The molecule has 1 atom stereocenters. The van der Waals surface area contributed by atoms with Gasteiger partial charge < -0.3 is 5.32 Å². The quantitative estimate of drug-likeness (QED) is 0.494. The lowest BCUT2D eigenvalue weighted by Crippen LogP contribution is -2.36. The van der Waals surface area contributed by atoms with Gasteiger partial charge in [0, 0.05) is 17.2 Å². The number of nitrogens with zero attached hydrogens (tertiary/aromatic N) is 1. The molecule has 0 heterocycles. The van der Waals surface area contributed by atoms with Crippen molar-refractivity contribution in [2.24, 2.45) is 0 Å². The van der Waals surface area contributed by atoms with Crippen LogP contribution in [0.2, 0.25) is 0 Å². The highest BCUT2D eigenvalue weighted by Gasteiger charge is 2.20. The molecule has 0 saturated heterocycles. The first-order chi connectivity index (χ1) is 14.6. The first-order valence-corrected chi connectivity index (χ1v) is 10.4. The van der Waals surface area contributed by atoms with Crippen LogP contribution in [-0.2, 0) is 4.79 Å². The van der Waals surface area contributed by atoms with Crippen LogP contribution in [-0.4, -0.2) is 29.7 Å². The Morgan fingerprint density at radius 3 is 2.13 bits per heavy atom. The first kappa shape index (κ1) is 21.5. The predicted octanol–water partition coefficient (Wildman–Crippen LogP) is 5.33. The van der Waals surface area contributed by atoms with E-state index in [9.17, 15) is 9.59 Å². The number of para-hydroxylation sites is 1. The Kier molecular flexibility index (Phi) is 7.52. The van der Waals surface area contributed by atoms with Crippen LogP contribution < -0.4 is 5.32 Å². The van der Waals surface area contributed by atoms with Gasteiger partial charge in [0.25, 0.3) is 0 Å². The molecule has 3 aromatic carbocycles. The largest absolute Gasteiger partial charge is 0.324 e. The molecule has 4 nitrogen and oxygen atoms in total. The third-order valence-corrected chi connectivity index (χ3v) is 5.17. The molecule has 0 fully saturated rings. The van der Waals surface area contributed by atoms with Crippen molar-refractivity contribution < 1.29 is 9.59 Å². The minimum atomic E-state index is -0.125. The fourth-order valence-electron chi connectivity index (χ4n) is 3.55. The van der Waals surface area contributed by atoms with Crippen LogP contribution in [0.1, 0.15) is 47.8 Å². The maximum atomic E-state index is 12.9. The zero-order chi connectivity index (χ0) is 21.3. The van der Waals surface area contributed by atoms with Gasteiger partial charge in [0.05, 0.1) is 12.2 Å². The molecule has 1 N–H and O–H groups in total. The maximum absolute atomic E-state index is 12.9. The first-order valence-electron chi connectivity index (χ1n) is 10.4. The molecule has 3 aromatic rings. The average molecular weight is 401 g/mol. The van der Waals surface area contributed by atoms with Crippen LogP contribution in [0.3, 0.4) is 0 Å². The Bertz CT molecular complexity index is 971. The van der Waals surface area contributed by atoms with Crippen LogP contribution >= 0.6 is 0 Å². The monoisotopic (exact) mass is 400 g/mol. The molecule has 0 aliphatic carbocycles. The van der Waals surface area contributed by atoms with Crippen molar-refractivity contribution in [3.8, 4) is 0 Å². The van der Waals surface area contributed by atoms with Crippen molar-refractivity contribution in [1.82, 2.24) is 4.90 Å². The fourth-order valence-corrected chi connectivity index (χ4v) is 3.55. The van der Waals surface area contributed by atoms with E-state index in [-0.39, 0.29) is 24.3 Å². The Balaban J connectivity index is 1.74. The van der Waals surface area contributed by atoms with Gasteiger partial charge >= 0.3 is 0 Å². The summed E-state index contributed by atoms with van der Waals surface area (Å²) in [5.74, 6) is -0.228. The molecule has 0 bridgehead atoms. The molecule has 1 amide bonds. The number of rotatable bonds is 9. The Morgan fingerprint density at radius 1 is 0.867 bits per heavy atom. The molecule has 3 rings (SSSR count). The zero-order valence-electron chi connectivity index (χ0n) is 17.5. The summed E-state index contributed by atoms with van der Waals surface area (Å²) >= 11 is 0. The van der Waals surface area contributed by atoms with Crippen molar-refractivity contribution in [2.75, 3.05) is 18.4 Å². The van der Waals surface area contributed by atoms with Gasteiger partial charge in [-0.05, 0) is 37.6 Å². The summed E-state index contributed by atoms with van der Waals surface area (Å²) in [5, 5.41) is 2.95. The number of benzene rings is 3. The molecule has 4 heteroatoms. The second-order valence-electron chi connectivity index (χ2n) is 7.35. The van der Waals surface area contributed by atoms with Crippen molar-refractivity contribution in [1.29, 1.82) is 0 Å². The molecule has 0 aromatic heterocycles. The van der Waals surface area contributed by atoms with Crippen molar-refractivity contribution in [2.45, 2.75) is 26.3 Å². The second kappa shape index (κ2) is 10.5. The number of anilines is 1. The second-order valence-corrected chi connectivity index (χ2v) is 7.35. The van der Waals surface area contributed by atoms with Crippen LogP contribution in [0.5, 0.6) is 0 Å². The van der Waals surface area contributed by atoms with Crippen molar-refractivity contribution in [3.05, 3.63) is 102 Å². The van der Waals surface area contributed by atoms with E-state index >= 15 is 0 Å². The maximum Gasteiger partial charge on any atom is 0.238 e. The summed E-state index contributed by atoms with van der Waals surface area (Å²) in [4.78, 5) is 27.9. The highest BCUT2D eigenvalue weighted by molar-refractivity contribution is 6.13. The molecular formula is C26H28N2O2. The van der Waals surface area contributed by atoms with Crippen molar-refractivity contribution >= 4 is 17.4 Å². The predicted molar refractivity (Wildman–Crippen MR) is 122 cm³/mol. The number of amides is 1. The summed E-state index contributed by atoms with van der Waals surface area (Å²) in [6, 6.07) is 26.6. The molecule has 0 spiro atoms. The fraction of sp³-hybridized carbons (Fsp3) is 0.231. The van der Waals surface area contributed by atoms with Gasteiger partial charge in [0.15, 0.2) is 5.78 Å². The van der Waals surface area contributed by atoms with E-state index in [1.165, 1.54) is 5.56 Å². The lowest BCUT2D eigenvalue weighted by molar-refractivity contribution is -0.117. The third-order valence-electron chi connectivity index (χ3n) is 5.17. The molecule has 30 heavy (non-hydrogen) atoms. The van der Waals surface area contributed by atoms with E-state index in [2.05, 4.69) is 36.2 Å². The number of ketones is 1. The van der Waals surface area contributed by atoms with E-state index in [0.29, 0.717) is 16.8 Å². The summed E-state index contributed by atoms with van der Waals surface area (Å²) in [7, 11) is 0. The molecule has 154 valence electrons.